The molecule has 86 valence electrons. The zero-order valence-corrected chi connectivity index (χ0v) is 10.1. The minimum absolute atomic E-state index is 0.185. The molecule has 4 nitrogen and oxygen atoms in total. The summed E-state index contributed by atoms with van der Waals surface area (Å²) in [4.78, 5) is 16.9. The molecule has 0 spiro atoms. The van der Waals surface area contributed by atoms with E-state index in [0.717, 1.165) is 16.8 Å². The lowest BCUT2D eigenvalue weighted by atomic mass is 10.1. The molecule has 0 radical (unpaired) electrons. The van der Waals surface area contributed by atoms with E-state index in [1.165, 1.54) is 11.2 Å². The van der Waals surface area contributed by atoms with Crippen LogP contribution in [-0.2, 0) is 0 Å². The van der Waals surface area contributed by atoms with Gasteiger partial charge in [0.25, 0.3) is 0 Å². The minimum atomic E-state index is -0.185. The molecule has 1 N–H and O–H groups in total. The van der Waals surface area contributed by atoms with Crippen LogP contribution in [0.15, 0.2) is 23.2 Å². The first kappa shape index (κ1) is 12.2. The Balaban J connectivity index is 2.88. The monoisotopic (exact) mass is 219 g/mol. The predicted molar refractivity (Wildman–Crippen MR) is 66.3 cm³/mol. The van der Waals surface area contributed by atoms with Gasteiger partial charge in [-0.1, -0.05) is 18.2 Å². The molecule has 0 fully saturated rings. The van der Waals surface area contributed by atoms with Crippen molar-refractivity contribution < 1.29 is 4.79 Å². The molecule has 0 unspecified atom stereocenters. The van der Waals surface area contributed by atoms with E-state index >= 15 is 0 Å². The number of nitrogens with one attached hydrogen (secondary N) is 1. The number of aliphatic imine (C=N–C) groups is 1. The highest BCUT2D eigenvalue weighted by atomic mass is 16.2. The average molecular weight is 219 g/mol. The summed E-state index contributed by atoms with van der Waals surface area (Å²) in [7, 11) is 3.25. The summed E-state index contributed by atoms with van der Waals surface area (Å²) in [6, 6.07) is 5.81. The van der Waals surface area contributed by atoms with Gasteiger partial charge < -0.3 is 5.32 Å². The highest BCUT2D eigenvalue weighted by molar-refractivity contribution is 5.86. The quantitative estimate of drug-likeness (QED) is 0.601. The number of hydrogen-bond acceptors (Lipinski definition) is 2. The van der Waals surface area contributed by atoms with Gasteiger partial charge in [-0.3, -0.25) is 4.90 Å². The Hall–Kier alpha value is -1.84. The number of carbonyl (C=O) groups excluding carboxylic acids is 1. The van der Waals surface area contributed by atoms with Crippen molar-refractivity contribution in [2.75, 3.05) is 14.1 Å². The predicted octanol–water partition coefficient (Wildman–Crippen LogP) is 2.23. The van der Waals surface area contributed by atoms with E-state index in [9.17, 15) is 4.79 Å². The largest absolute Gasteiger partial charge is 0.341 e. The van der Waals surface area contributed by atoms with E-state index in [2.05, 4.69) is 10.3 Å². The van der Waals surface area contributed by atoms with Gasteiger partial charge in [0, 0.05) is 14.1 Å². The lowest BCUT2D eigenvalue weighted by Gasteiger charge is -2.10. The van der Waals surface area contributed by atoms with Crippen LogP contribution in [0.5, 0.6) is 0 Å². The Morgan fingerprint density at radius 3 is 2.44 bits per heavy atom. The van der Waals surface area contributed by atoms with Crippen molar-refractivity contribution in [3.05, 3.63) is 29.3 Å². The second-order valence-corrected chi connectivity index (χ2v) is 3.65. The summed E-state index contributed by atoms with van der Waals surface area (Å²) in [5.74, 6) is 0. The van der Waals surface area contributed by atoms with Crippen molar-refractivity contribution in [3.63, 3.8) is 0 Å². The number of aryl methyl sites for hydroxylation is 2. The molecule has 0 aliphatic rings. The maximum Gasteiger partial charge on any atom is 0.322 e. The fourth-order valence-corrected chi connectivity index (χ4v) is 1.38. The Labute approximate surface area is 96.0 Å². The number of benzene rings is 1. The van der Waals surface area contributed by atoms with Gasteiger partial charge in [0.15, 0.2) is 0 Å². The molecule has 2 amide bonds. The number of nitrogens with zero attached hydrogens (tertiary/aromatic N) is 2. The summed E-state index contributed by atoms with van der Waals surface area (Å²) < 4.78 is 0. The summed E-state index contributed by atoms with van der Waals surface area (Å²) in [5, 5.41) is 2.53. The van der Waals surface area contributed by atoms with Crippen molar-refractivity contribution in [1.82, 2.24) is 10.2 Å². The van der Waals surface area contributed by atoms with Crippen LogP contribution < -0.4 is 5.32 Å². The SMILES string of the molecule is CNC(=O)N(C)C=Nc1c(C)cccc1C. The molecule has 0 saturated heterocycles. The Morgan fingerprint density at radius 1 is 1.38 bits per heavy atom. The molecule has 0 aliphatic carbocycles. The zero-order chi connectivity index (χ0) is 12.1. The molecule has 0 saturated carbocycles. The van der Waals surface area contributed by atoms with Gasteiger partial charge in [-0.25, -0.2) is 9.79 Å². The third-order valence-corrected chi connectivity index (χ3v) is 2.33. The number of hydrogen-bond donors (Lipinski definition) is 1. The molecule has 1 rings (SSSR count). The molecular weight excluding hydrogens is 202 g/mol. The molecule has 1 aromatic carbocycles. The van der Waals surface area contributed by atoms with Crippen LogP contribution in [0.4, 0.5) is 10.5 Å². The summed E-state index contributed by atoms with van der Waals surface area (Å²) >= 11 is 0. The highest BCUT2D eigenvalue weighted by Crippen LogP contribution is 2.22. The summed E-state index contributed by atoms with van der Waals surface area (Å²) in [6.07, 6.45) is 1.52. The standard InChI is InChI=1S/C12H17N3O/c1-9-6-5-7-10(2)11(9)14-8-15(4)12(16)13-3/h5-8H,1-4H3,(H,13,16). The van der Waals surface area contributed by atoms with Gasteiger partial charge in [-0.15, -0.1) is 0 Å². The number of rotatable bonds is 2. The lowest BCUT2D eigenvalue weighted by Crippen LogP contribution is -2.33. The molecule has 0 aliphatic heterocycles. The first-order chi connectivity index (χ1) is 7.56. The van der Waals surface area contributed by atoms with Gasteiger partial charge in [-0.2, -0.15) is 0 Å². The van der Waals surface area contributed by atoms with Crippen LogP contribution in [0.3, 0.4) is 0 Å². The number of amides is 2. The van der Waals surface area contributed by atoms with Crippen LogP contribution in [-0.4, -0.2) is 31.4 Å². The molecule has 0 heterocycles. The number of urea groups is 1. The number of para-hydroxylation sites is 1. The van der Waals surface area contributed by atoms with E-state index in [4.69, 9.17) is 0 Å². The fourth-order valence-electron chi connectivity index (χ4n) is 1.38. The third-order valence-electron chi connectivity index (χ3n) is 2.33. The van der Waals surface area contributed by atoms with Crippen molar-refractivity contribution >= 4 is 18.1 Å². The molecule has 0 aromatic heterocycles. The van der Waals surface area contributed by atoms with E-state index in [-0.39, 0.29) is 6.03 Å². The maximum atomic E-state index is 11.2. The van der Waals surface area contributed by atoms with Crippen molar-refractivity contribution in [2.24, 2.45) is 4.99 Å². The Morgan fingerprint density at radius 2 is 1.94 bits per heavy atom. The highest BCUT2D eigenvalue weighted by Gasteiger charge is 2.03. The third kappa shape index (κ3) is 2.82. The zero-order valence-electron chi connectivity index (χ0n) is 10.1. The van der Waals surface area contributed by atoms with Gasteiger partial charge in [-0.05, 0) is 25.0 Å². The van der Waals surface area contributed by atoms with Crippen LogP contribution in [0, 0.1) is 13.8 Å². The van der Waals surface area contributed by atoms with Crippen LogP contribution >= 0.6 is 0 Å². The van der Waals surface area contributed by atoms with Crippen LogP contribution in [0.2, 0.25) is 0 Å². The molecular formula is C12H17N3O. The van der Waals surface area contributed by atoms with Crippen LogP contribution in [0.25, 0.3) is 0 Å². The summed E-state index contributed by atoms with van der Waals surface area (Å²) in [5.41, 5.74) is 3.11. The second kappa shape index (κ2) is 5.30. The Bertz CT molecular complexity index is 392. The van der Waals surface area contributed by atoms with Gasteiger partial charge in [0.05, 0.1) is 12.0 Å². The first-order valence-corrected chi connectivity index (χ1v) is 5.11. The van der Waals surface area contributed by atoms with Crippen molar-refractivity contribution in [3.8, 4) is 0 Å². The molecule has 0 bridgehead atoms. The fraction of sp³-hybridized carbons (Fsp3) is 0.333. The smallest absolute Gasteiger partial charge is 0.322 e. The van der Waals surface area contributed by atoms with E-state index in [1.54, 1.807) is 14.1 Å². The minimum Gasteiger partial charge on any atom is -0.341 e. The first-order valence-electron chi connectivity index (χ1n) is 5.11. The topological polar surface area (TPSA) is 44.7 Å². The average Bonchev–Trinajstić information content (AvgIpc) is 2.27. The van der Waals surface area contributed by atoms with E-state index in [1.807, 2.05) is 32.0 Å². The lowest BCUT2D eigenvalue weighted by molar-refractivity contribution is 0.229. The summed E-state index contributed by atoms with van der Waals surface area (Å²) in [6.45, 7) is 4.00. The van der Waals surface area contributed by atoms with Gasteiger partial charge in [0.2, 0.25) is 0 Å². The normalized spacial score (nSPS) is 10.5. The molecule has 16 heavy (non-hydrogen) atoms. The van der Waals surface area contributed by atoms with E-state index < -0.39 is 0 Å². The van der Waals surface area contributed by atoms with E-state index in [0.29, 0.717) is 0 Å². The second-order valence-electron chi connectivity index (χ2n) is 3.65. The molecule has 0 atom stereocenters. The number of carbonyl (C=O) groups is 1. The van der Waals surface area contributed by atoms with Gasteiger partial charge >= 0.3 is 6.03 Å². The van der Waals surface area contributed by atoms with Crippen molar-refractivity contribution in [1.29, 1.82) is 0 Å². The van der Waals surface area contributed by atoms with Crippen LogP contribution in [0.1, 0.15) is 11.1 Å². The Kier molecular flexibility index (Phi) is 4.05. The molecule has 1 aromatic rings. The molecule has 4 heteroatoms. The maximum absolute atomic E-state index is 11.2. The van der Waals surface area contributed by atoms with Gasteiger partial charge in [0.1, 0.15) is 0 Å². The van der Waals surface area contributed by atoms with Crippen molar-refractivity contribution in [2.45, 2.75) is 13.8 Å².